The van der Waals surface area contributed by atoms with Crippen molar-refractivity contribution in [1.29, 1.82) is 0 Å². The van der Waals surface area contributed by atoms with Gasteiger partial charge < -0.3 is 15.2 Å². The summed E-state index contributed by atoms with van der Waals surface area (Å²) in [5, 5.41) is 13.6. The van der Waals surface area contributed by atoms with Gasteiger partial charge in [-0.05, 0) is 42.9 Å². The summed E-state index contributed by atoms with van der Waals surface area (Å²) in [5.41, 5.74) is 0.939. The van der Waals surface area contributed by atoms with Gasteiger partial charge in [-0.3, -0.25) is 0 Å². The Balaban J connectivity index is 1.81. The van der Waals surface area contributed by atoms with Crippen molar-refractivity contribution in [3.05, 3.63) is 29.8 Å². The third-order valence-corrected chi connectivity index (χ3v) is 3.80. The fourth-order valence-corrected chi connectivity index (χ4v) is 2.61. The minimum Gasteiger partial charge on any atom is -0.497 e. The molecule has 0 aliphatic heterocycles. The summed E-state index contributed by atoms with van der Waals surface area (Å²) in [5.74, 6) is 1.64. The summed E-state index contributed by atoms with van der Waals surface area (Å²) in [7, 11) is 1.65. The van der Waals surface area contributed by atoms with Crippen LogP contribution < -0.4 is 10.1 Å². The zero-order valence-corrected chi connectivity index (χ0v) is 11.2. The van der Waals surface area contributed by atoms with Crippen LogP contribution in [0.3, 0.4) is 0 Å². The molecule has 0 aromatic heterocycles. The molecule has 0 saturated heterocycles. The summed E-state index contributed by atoms with van der Waals surface area (Å²) < 4.78 is 5.10. The van der Waals surface area contributed by atoms with Gasteiger partial charge in [0.2, 0.25) is 0 Å². The van der Waals surface area contributed by atoms with E-state index in [4.69, 9.17) is 4.74 Å². The van der Waals surface area contributed by atoms with E-state index in [0.717, 1.165) is 17.2 Å². The Kier molecular flexibility index (Phi) is 4.61. The van der Waals surface area contributed by atoms with Gasteiger partial charge in [-0.2, -0.15) is 0 Å². The highest BCUT2D eigenvalue weighted by atomic mass is 16.5. The van der Waals surface area contributed by atoms with Crippen LogP contribution >= 0.6 is 0 Å². The second-order valence-electron chi connectivity index (χ2n) is 5.31. The Bertz CT molecular complexity index is 363. The van der Waals surface area contributed by atoms with Crippen molar-refractivity contribution >= 4 is 0 Å². The van der Waals surface area contributed by atoms with Crippen molar-refractivity contribution < 1.29 is 9.84 Å². The molecule has 18 heavy (non-hydrogen) atoms. The van der Waals surface area contributed by atoms with E-state index >= 15 is 0 Å². The van der Waals surface area contributed by atoms with Gasteiger partial charge in [0.1, 0.15) is 5.75 Å². The molecular weight excluding hydrogens is 226 g/mol. The molecule has 0 radical (unpaired) electrons. The van der Waals surface area contributed by atoms with Crippen LogP contribution in [0, 0.1) is 5.92 Å². The van der Waals surface area contributed by atoms with Gasteiger partial charge in [-0.25, -0.2) is 0 Å². The first kappa shape index (κ1) is 13.4. The van der Waals surface area contributed by atoms with Crippen LogP contribution in [0.1, 0.15) is 37.9 Å². The molecule has 100 valence electrons. The Morgan fingerprint density at radius 1 is 1.33 bits per heavy atom. The Morgan fingerprint density at radius 3 is 2.61 bits per heavy atom. The quantitative estimate of drug-likeness (QED) is 0.842. The summed E-state index contributed by atoms with van der Waals surface area (Å²) in [6, 6.07) is 8.19. The third kappa shape index (κ3) is 3.47. The Hall–Kier alpha value is -1.06. The lowest BCUT2D eigenvalue weighted by molar-refractivity contribution is 0.169. The molecule has 1 fully saturated rings. The van der Waals surface area contributed by atoms with E-state index in [2.05, 4.69) is 12.2 Å². The molecule has 3 nitrogen and oxygen atoms in total. The monoisotopic (exact) mass is 249 g/mol. The van der Waals surface area contributed by atoms with Crippen molar-refractivity contribution in [2.45, 2.75) is 38.3 Å². The van der Waals surface area contributed by atoms with Crippen molar-refractivity contribution in [3.63, 3.8) is 0 Å². The highest BCUT2D eigenvalue weighted by Gasteiger charge is 2.21. The standard InChI is InChI=1S/C15H23NO2/c1-11-3-6-13(9-11)16-10-15(17)12-4-7-14(18-2)8-5-12/h4-5,7-8,11,13,15-17H,3,6,9-10H2,1-2H3. The molecule has 2 N–H and O–H groups in total. The van der Waals surface area contributed by atoms with Gasteiger partial charge in [0.25, 0.3) is 0 Å². The summed E-state index contributed by atoms with van der Waals surface area (Å²) in [6.45, 7) is 2.92. The number of hydrogen-bond donors (Lipinski definition) is 2. The topological polar surface area (TPSA) is 41.5 Å². The van der Waals surface area contributed by atoms with Gasteiger partial charge in [0, 0.05) is 12.6 Å². The molecule has 0 bridgehead atoms. The molecule has 1 aliphatic carbocycles. The third-order valence-electron chi connectivity index (χ3n) is 3.80. The number of methoxy groups -OCH3 is 1. The first-order chi connectivity index (χ1) is 8.69. The maximum Gasteiger partial charge on any atom is 0.118 e. The smallest absolute Gasteiger partial charge is 0.118 e. The number of nitrogens with one attached hydrogen (secondary N) is 1. The van der Waals surface area contributed by atoms with Crippen molar-refractivity contribution in [1.82, 2.24) is 5.32 Å². The van der Waals surface area contributed by atoms with E-state index in [-0.39, 0.29) is 0 Å². The molecule has 0 heterocycles. The summed E-state index contributed by atoms with van der Waals surface area (Å²) >= 11 is 0. The minimum absolute atomic E-state index is 0.438. The maximum atomic E-state index is 10.1. The second kappa shape index (κ2) is 6.21. The molecule has 3 atom stereocenters. The molecule has 1 saturated carbocycles. The van der Waals surface area contributed by atoms with Gasteiger partial charge in [-0.1, -0.05) is 19.1 Å². The fraction of sp³-hybridized carbons (Fsp3) is 0.600. The molecular formula is C15H23NO2. The summed E-state index contributed by atoms with van der Waals surface area (Å²) in [4.78, 5) is 0. The molecule has 2 rings (SSSR count). The van der Waals surface area contributed by atoms with Crippen molar-refractivity contribution in [2.75, 3.05) is 13.7 Å². The second-order valence-corrected chi connectivity index (χ2v) is 5.31. The van der Waals surface area contributed by atoms with Gasteiger partial charge in [-0.15, -0.1) is 0 Å². The van der Waals surface area contributed by atoms with Gasteiger partial charge in [0.15, 0.2) is 0 Å². The van der Waals surface area contributed by atoms with E-state index < -0.39 is 6.10 Å². The molecule has 1 aromatic carbocycles. The highest BCUT2D eigenvalue weighted by Crippen LogP contribution is 2.25. The van der Waals surface area contributed by atoms with Gasteiger partial charge >= 0.3 is 0 Å². The summed E-state index contributed by atoms with van der Waals surface area (Å²) in [6.07, 6.45) is 3.33. The van der Waals surface area contributed by atoms with Gasteiger partial charge in [0.05, 0.1) is 13.2 Å². The number of aliphatic hydroxyl groups is 1. The van der Waals surface area contributed by atoms with Crippen molar-refractivity contribution in [2.24, 2.45) is 5.92 Å². The van der Waals surface area contributed by atoms with Crippen LogP contribution in [0.25, 0.3) is 0 Å². The predicted molar refractivity (Wildman–Crippen MR) is 72.8 cm³/mol. The van der Waals surface area contributed by atoms with Crippen LogP contribution in [0.15, 0.2) is 24.3 Å². The van der Waals surface area contributed by atoms with Crippen LogP contribution in [0.5, 0.6) is 5.75 Å². The van der Waals surface area contributed by atoms with E-state index in [0.29, 0.717) is 12.6 Å². The molecule has 1 aliphatic rings. The van der Waals surface area contributed by atoms with Crippen LogP contribution in [0.4, 0.5) is 0 Å². The first-order valence-electron chi connectivity index (χ1n) is 6.74. The average Bonchev–Trinajstić information content (AvgIpc) is 2.82. The number of aliphatic hydroxyl groups excluding tert-OH is 1. The van der Waals surface area contributed by atoms with Crippen LogP contribution in [0.2, 0.25) is 0 Å². The fourth-order valence-electron chi connectivity index (χ4n) is 2.61. The molecule has 3 unspecified atom stereocenters. The van der Waals surface area contributed by atoms with E-state index in [9.17, 15) is 5.11 Å². The predicted octanol–water partition coefficient (Wildman–Crippen LogP) is 2.51. The largest absolute Gasteiger partial charge is 0.497 e. The Labute approximate surface area is 109 Å². The average molecular weight is 249 g/mol. The van der Waals surface area contributed by atoms with E-state index in [1.165, 1.54) is 19.3 Å². The zero-order chi connectivity index (χ0) is 13.0. The van der Waals surface area contributed by atoms with Crippen molar-refractivity contribution in [3.8, 4) is 5.75 Å². The lowest BCUT2D eigenvalue weighted by atomic mass is 10.1. The SMILES string of the molecule is COc1ccc(C(O)CNC2CCC(C)C2)cc1. The normalized spacial score (nSPS) is 25.1. The lowest BCUT2D eigenvalue weighted by Crippen LogP contribution is -2.30. The lowest BCUT2D eigenvalue weighted by Gasteiger charge is -2.17. The highest BCUT2D eigenvalue weighted by molar-refractivity contribution is 5.28. The number of ether oxygens (including phenoxy) is 1. The molecule has 0 spiro atoms. The van der Waals surface area contributed by atoms with E-state index in [1.807, 2.05) is 24.3 Å². The van der Waals surface area contributed by atoms with Crippen LogP contribution in [-0.2, 0) is 0 Å². The maximum absolute atomic E-state index is 10.1. The number of benzene rings is 1. The van der Waals surface area contributed by atoms with E-state index in [1.54, 1.807) is 7.11 Å². The Morgan fingerprint density at radius 2 is 2.06 bits per heavy atom. The first-order valence-corrected chi connectivity index (χ1v) is 6.74. The molecule has 3 heteroatoms. The molecule has 0 amide bonds. The number of rotatable bonds is 5. The zero-order valence-electron chi connectivity index (χ0n) is 11.2. The molecule has 1 aromatic rings. The number of hydrogen-bond acceptors (Lipinski definition) is 3. The minimum atomic E-state index is -0.438. The van der Waals surface area contributed by atoms with Crippen LogP contribution in [-0.4, -0.2) is 24.8 Å².